The summed E-state index contributed by atoms with van der Waals surface area (Å²) < 4.78 is 0. The number of fused-ring (bicyclic) bond motifs is 1. The zero-order valence-corrected chi connectivity index (χ0v) is 13.1. The van der Waals surface area contributed by atoms with Crippen LogP contribution in [0.25, 0.3) is 0 Å². The van der Waals surface area contributed by atoms with E-state index in [1.54, 1.807) is 15.3 Å². The van der Waals surface area contributed by atoms with Gasteiger partial charge in [-0.3, -0.25) is 0 Å². The summed E-state index contributed by atoms with van der Waals surface area (Å²) in [7, 11) is 0.310. The maximum absolute atomic E-state index is 2.46. The number of hydrogen-bond acceptors (Lipinski definition) is 0. The second-order valence-corrected chi connectivity index (χ2v) is 8.27. The molecule has 2 aliphatic carbocycles. The SMILES string of the molecule is CCC1=CC(C2=C3C=CC=C3S(=C(C)C)C2C)C=C1. The minimum absolute atomic E-state index is 0.310. The third-order valence-electron chi connectivity index (χ3n) is 4.23. The summed E-state index contributed by atoms with van der Waals surface area (Å²) in [5.41, 5.74) is 4.66. The molecule has 1 heteroatoms. The molecule has 0 saturated heterocycles. The van der Waals surface area contributed by atoms with Crippen LogP contribution in [0.3, 0.4) is 0 Å². The quantitative estimate of drug-likeness (QED) is 0.609. The van der Waals surface area contributed by atoms with Crippen LogP contribution in [-0.4, -0.2) is 10.1 Å². The highest BCUT2D eigenvalue weighted by Crippen LogP contribution is 2.53. The minimum atomic E-state index is 0.310. The lowest BCUT2D eigenvalue weighted by atomic mass is 9.93. The molecule has 0 nitrogen and oxygen atoms in total. The van der Waals surface area contributed by atoms with Crippen molar-refractivity contribution in [1.82, 2.24) is 0 Å². The van der Waals surface area contributed by atoms with Crippen molar-refractivity contribution >= 4 is 15.3 Å². The molecular weight excluding hydrogens is 248 g/mol. The van der Waals surface area contributed by atoms with Crippen molar-refractivity contribution in [2.75, 3.05) is 0 Å². The largest absolute Gasteiger partial charge is 0.148 e. The van der Waals surface area contributed by atoms with Crippen LogP contribution < -0.4 is 0 Å². The fraction of sp³-hybridized carbons (Fsp3) is 0.389. The maximum atomic E-state index is 2.46. The van der Waals surface area contributed by atoms with Crippen LogP contribution in [0.1, 0.15) is 34.1 Å². The molecule has 0 N–H and O–H groups in total. The van der Waals surface area contributed by atoms with Gasteiger partial charge < -0.3 is 0 Å². The topological polar surface area (TPSA) is 0 Å². The van der Waals surface area contributed by atoms with Gasteiger partial charge in [0, 0.05) is 16.1 Å². The van der Waals surface area contributed by atoms with Crippen LogP contribution in [0.15, 0.2) is 58.1 Å². The molecule has 0 saturated carbocycles. The van der Waals surface area contributed by atoms with Gasteiger partial charge in [-0.05, 0) is 49.3 Å². The smallest absolute Gasteiger partial charge is 0.0240 e. The molecule has 3 aliphatic rings. The van der Waals surface area contributed by atoms with Gasteiger partial charge in [-0.2, -0.15) is 0 Å². The van der Waals surface area contributed by atoms with Gasteiger partial charge in [0.1, 0.15) is 0 Å². The summed E-state index contributed by atoms with van der Waals surface area (Å²) in [4.78, 5) is 3.14. The predicted octanol–water partition coefficient (Wildman–Crippen LogP) is 5.14. The Morgan fingerprint density at radius 1 is 1.26 bits per heavy atom. The van der Waals surface area contributed by atoms with E-state index >= 15 is 0 Å². The lowest BCUT2D eigenvalue weighted by Gasteiger charge is -2.18. The van der Waals surface area contributed by atoms with Crippen molar-refractivity contribution in [1.29, 1.82) is 0 Å². The minimum Gasteiger partial charge on any atom is -0.148 e. The predicted molar refractivity (Wildman–Crippen MR) is 88.7 cm³/mol. The van der Waals surface area contributed by atoms with Crippen molar-refractivity contribution in [2.45, 2.75) is 39.4 Å². The van der Waals surface area contributed by atoms with Gasteiger partial charge in [0.2, 0.25) is 0 Å². The highest BCUT2D eigenvalue weighted by Gasteiger charge is 2.34. The Morgan fingerprint density at radius 2 is 2.05 bits per heavy atom. The molecular formula is C18H22S. The molecule has 3 unspecified atom stereocenters. The molecule has 0 radical (unpaired) electrons. The monoisotopic (exact) mass is 270 g/mol. The van der Waals surface area contributed by atoms with Crippen LogP contribution in [-0.2, 0) is 0 Å². The van der Waals surface area contributed by atoms with Gasteiger partial charge >= 0.3 is 0 Å². The van der Waals surface area contributed by atoms with Crippen LogP contribution in [0.4, 0.5) is 0 Å². The molecule has 1 aliphatic heterocycles. The van der Waals surface area contributed by atoms with Crippen LogP contribution in [0.2, 0.25) is 0 Å². The van der Waals surface area contributed by atoms with Crippen molar-refractivity contribution in [3.05, 3.63) is 58.1 Å². The summed E-state index contributed by atoms with van der Waals surface area (Å²) in [5.74, 6) is 0.531. The molecule has 1 heterocycles. The summed E-state index contributed by atoms with van der Waals surface area (Å²) in [6, 6.07) is 0. The molecule has 0 bridgehead atoms. The standard InChI is InChI=1S/C18H22S/c1-5-14-9-10-15(11-14)18-13(4)19(12(2)3)17-8-6-7-16(17)18/h6-11,13,15H,5H2,1-4H3. The normalized spacial score (nSPS) is 31.9. The average molecular weight is 270 g/mol. The van der Waals surface area contributed by atoms with E-state index < -0.39 is 0 Å². The first-order valence-corrected chi connectivity index (χ1v) is 8.47. The van der Waals surface area contributed by atoms with E-state index in [-0.39, 0.29) is 0 Å². The maximum Gasteiger partial charge on any atom is 0.0240 e. The van der Waals surface area contributed by atoms with E-state index in [9.17, 15) is 0 Å². The first kappa shape index (κ1) is 12.9. The molecule has 0 fully saturated rings. The molecule has 0 spiro atoms. The van der Waals surface area contributed by atoms with Crippen LogP contribution in [0, 0.1) is 5.92 Å². The van der Waals surface area contributed by atoms with Crippen molar-refractivity contribution < 1.29 is 0 Å². The number of rotatable bonds is 2. The first-order valence-electron chi connectivity index (χ1n) is 7.18. The highest BCUT2D eigenvalue weighted by atomic mass is 32.2. The van der Waals surface area contributed by atoms with E-state index in [1.165, 1.54) is 11.1 Å². The Kier molecular flexibility index (Phi) is 3.26. The number of hydrogen-bond donors (Lipinski definition) is 0. The third-order valence-corrected chi connectivity index (χ3v) is 6.90. The second kappa shape index (κ2) is 4.79. The molecule has 3 rings (SSSR count). The van der Waals surface area contributed by atoms with E-state index in [4.69, 9.17) is 0 Å². The Bertz CT molecular complexity index is 602. The van der Waals surface area contributed by atoms with Gasteiger partial charge in [0.05, 0.1) is 0 Å². The van der Waals surface area contributed by atoms with E-state index in [1.807, 2.05) is 0 Å². The Morgan fingerprint density at radius 3 is 2.68 bits per heavy atom. The Balaban J connectivity index is 2.08. The highest BCUT2D eigenvalue weighted by molar-refractivity contribution is 8.20. The zero-order chi connectivity index (χ0) is 13.6. The molecule has 19 heavy (non-hydrogen) atoms. The lowest BCUT2D eigenvalue weighted by molar-refractivity contribution is 0.904. The fourth-order valence-corrected chi connectivity index (χ4v) is 6.11. The zero-order valence-electron chi connectivity index (χ0n) is 12.2. The lowest BCUT2D eigenvalue weighted by Crippen LogP contribution is -2.08. The molecule has 100 valence electrons. The van der Waals surface area contributed by atoms with Gasteiger partial charge in [0.25, 0.3) is 0 Å². The van der Waals surface area contributed by atoms with Crippen molar-refractivity contribution in [3.63, 3.8) is 0 Å². The van der Waals surface area contributed by atoms with Gasteiger partial charge in [-0.15, -0.1) is 10.5 Å². The number of allylic oxidation sites excluding steroid dienone is 8. The Labute approximate surface area is 119 Å². The molecule has 0 aromatic heterocycles. The van der Waals surface area contributed by atoms with Crippen LogP contribution in [0.5, 0.6) is 0 Å². The summed E-state index contributed by atoms with van der Waals surface area (Å²) >= 11 is 0. The van der Waals surface area contributed by atoms with Crippen LogP contribution >= 0.6 is 10.5 Å². The molecule has 0 amide bonds. The van der Waals surface area contributed by atoms with E-state index in [0.29, 0.717) is 21.7 Å². The van der Waals surface area contributed by atoms with E-state index in [2.05, 4.69) is 64.2 Å². The van der Waals surface area contributed by atoms with Crippen molar-refractivity contribution in [3.8, 4) is 0 Å². The summed E-state index contributed by atoms with van der Waals surface area (Å²) in [5, 5.41) is 0.665. The first-order chi connectivity index (χ1) is 9.13. The summed E-state index contributed by atoms with van der Waals surface area (Å²) in [6.45, 7) is 9.23. The van der Waals surface area contributed by atoms with Gasteiger partial charge in [0.15, 0.2) is 0 Å². The van der Waals surface area contributed by atoms with Gasteiger partial charge in [-0.1, -0.05) is 42.9 Å². The molecule has 0 aromatic rings. The molecule has 0 aromatic carbocycles. The van der Waals surface area contributed by atoms with Gasteiger partial charge in [-0.25, -0.2) is 0 Å². The summed E-state index contributed by atoms with van der Waals surface area (Å²) in [6.07, 6.45) is 15.2. The van der Waals surface area contributed by atoms with E-state index in [0.717, 1.165) is 6.42 Å². The second-order valence-electron chi connectivity index (χ2n) is 5.63. The van der Waals surface area contributed by atoms with Crippen molar-refractivity contribution in [2.24, 2.45) is 5.92 Å². The average Bonchev–Trinajstić information content (AvgIpc) is 3.02. The molecule has 3 atom stereocenters. The third kappa shape index (κ3) is 1.95. The Hall–Kier alpha value is -1.08. The fourth-order valence-electron chi connectivity index (χ4n) is 3.39.